The molecule has 8 heterocycles. The zero-order valence-corrected chi connectivity index (χ0v) is 69.9. The van der Waals surface area contributed by atoms with Crippen molar-refractivity contribution >= 4 is 75.8 Å². The van der Waals surface area contributed by atoms with Crippen LogP contribution in [0.1, 0.15) is 144 Å². The number of hydrogen-bond donors (Lipinski definition) is 16. The first kappa shape index (κ1) is 90.3. The molecule has 652 valence electrons. The summed E-state index contributed by atoms with van der Waals surface area (Å²) in [4.78, 5) is 107. The van der Waals surface area contributed by atoms with E-state index in [0.29, 0.717) is 5.02 Å². The first-order valence-electron chi connectivity index (χ1n) is 40.1. The summed E-state index contributed by atoms with van der Waals surface area (Å²) in [6.07, 6.45) is -24.0. The molecule has 18 N–H and O–H groups in total. The number of Topliss-reactive ketones (excluding diaryl/α,β-unsaturated/α-hetero) is 3. The average Bonchev–Trinajstić information content (AvgIpc) is 0.771. The summed E-state index contributed by atoms with van der Waals surface area (Å²) < 4.78 is 53.4. The number of phenols is 3. The Balaban J connectivity index is 1.00. The minimum atomic E-state index is -2.15. The molecule has 31 nitrogen and oxygen atoms in total. The number of carbonyl (C=O) groups excluding carboxylic acids is 7. The number of fused-ring (bicyclic) bond motifs is 15. The van der Waals surface area contributed by atoms with Crippen LogP contribution in [0.3, 0.4) is 0 Å². The predicted molar refractivity (Wildman–Crippen MR) is 442 cm³/mol. The number of aliphatic hydroxyl groups is 6. The van der Waals surface area contributed by atoms with Crippen molar-refractivity contribution < 1.29 is 117 Å². The topological polar surface area (TPSA) is 488 Å². The number of amides is 4. The second kappa shape index (κ2) is 37.5. The average molecular weight is 1750 g/mol. The van der Waals surface area contributed by atoms with Crippen molar-refractivity contribution in [3.05, 3.63) is 176 Å². The third-order valence-electron chi connectivity index (χ3n) is 23.5. The van der Waals surface area contributed by atoms with Crippen molar-refractivity contribution in [2.75, 3.05) is 13.7 Å². The molecule has 3 fully saturated rings. The van der Waals surface area contributed by atoms with Gasteiger partial charge in [-0.2, -0.15) is 0 Å². The van der Waals surface area contributed by atoms with Crippen LogP contribution in [0.15, 0.2) is 127 Å². The molecule has 4 amide bonds. The number of nitrogens with one attached hydrogen (secondary N) is 5. The van der Waals surface area contributed by atoms with Gasteiger partial charge in [0.05, 0.1) is 65.0 Å². The number of ketones is 3. The maximum absolute atomic E-state index is 16.7. The molecule has 8 aliphatic rings. The van der Waals surface area contributed by atoms with Crippen LogP contribution in [-0.4, -0.2) is 191 Å². The summed E-state index contributed by atoms with van der Waals surface area (Å²) in [5.41, 5.74) is 12.1. The normalized spacial score (nSPS) is 29.8. The summed E-state index contributed by atoms with van der Waals surface area (Å²) in [5.74, 6) is -16.1. The number of carbonyl (C=O) groups is 7. The lowest BCUT2D eigenvalue weighted by molar-refractivity contribution is -0.334. The highest BCUT2D eigenvalue weighted by molar-refractivity contribution is 6.32. The quantitative estimate of drug-likeness (QED) is 0.0387. The number of halogens is 3. The van der Waals surface area contributed by atoms with Crippen molar-refractivity contribution in [3.63, 3.8) is 0 Å². The Morgan fingerprint density at radius 1 is 0.664 bits per heavy atom. The molecule has 11 bridgehead atoms. The van der Waals surface area contributed by atoms with E-state index in [1.165, 1.54) is 79.8 Å². The van der Waals surface area contributed by atoms with Gasteiger partial charge in [-0.25, -0.2) is 0 Å². The van der Waals surface area contributed by atoms with Gasteiger partial charge < -0.3 is 122 Å². The number of nitrogens with two attached hydrogens (primary N) is 2. The molecule has 3 unspecified atom stereocenters. The number of aromatic hydroxyl groups is 3. The van der Waals surface area contributed by atoms with Gasteiger partial charge in [-0.15, -0.1) is 0 Å². The third-order valence-corrected chi connectivity index (χ3v) is 24.3. The molecule has 7 aromatic carbocycles. The lowest BCUT2D eigenvalue weighted by atomic mass is 9.79. The minimum absolute atomic E-state index is 0.0374. The van der Waals surface area contributed by atoms with Crippen molar-refractivity contribution in [1.29, 1.82) is 0 Å². The Hall–Kier alpha value is -9.46. The van der Waals surface area contributed by atoms with Gasteiger partial charge in [0.2, 0.25) is 35.7 Å². The van der Waals surface area contributed by atoms with Crippen LogP contribution in [0, 0.1) is 17.8 Å². The van der Waals surface area contributed by atoms with E-state index in [0.717, 1.165) is 22.8 Å². The Morgan fingerprint density at radius 3 is 1.91 bits per heavy atom. The fraction of sp³-hybridized carbons (Fsp3) is 0.443. The summed E-state index contributed by atoms with van der Waals surface area (Å²) in [7, 11) is 1.52. The predicted octanol–water partition coefficient (Wildman–Crippen LogP) is 7.94. The number of primary amides is 1. The fourth-order valence-corrected chi connectivity index (χ4v) is 17.3. The highest BCUT2D eigenvalue weighted by atomic mass is 35.5. The number of likely N-dealkylation sites (N-methyl/N-ethyl adjacent to an activating group) is 1. The molecule has 34 heteroatoms. The monoisotopic (exact) mass is 1740 g/mol. The number of ether oxygens (including phenoxy) is 8. The van der Waals surface area contributed by atoms with E-state index in [4.69, 9.17) is 84.2 Å². The van der Waals surface area contributed by atoms with Crippen LogP contribution in [0.5, 0.6) is 46.0 Å². The maximum atomic E-state index is 16.7. The van der Waals surface area contributed by atoms with Crippen LogP contribution in [0.2, 0.25) is 15.1 Å². The summed E-state index contributed by atoms with van der Waals surface area (Å²) in [6.45, 7) is 8.95. The molecule has 15 rings (SSSR count). The molecule has 7 aromatic rings. The van der Waals surface area contributed by atoms with E-state index >= 15 is 24.0 Å². The van der Waals surface area contributed by atoms with E-state index < -0.39 is 241 Å². The number of aliphatic hydroxyl groups excluding tert-OH is 6. The number of benzene rings is 7. The molecule has 122 heavy (non-hydrogen) atoms. The maximum Gasteiger partial charge on any atom is 0.237 e. The number of hydrogen-bond acceptors (Lipinski definition) is 27. The Morgan fingerprint density at radius 2 is 1.29 bits per heavy atom. The summed E-state index contributed by atoms with van der Waals surface area (Å²) >= 11 is 20.9. The van der Waals surface area contributed by atoms with Gasteiger partial charge in [0.25, 0.3) is 0 Å². The van der Waals surface area contributed by atoms with Gasteiger partial charge in [-0.05, 0) is 158 Å². The highest BCUT2D eigenvalue weighted by Crippen LogP contribution is 2.51. The second-order valence-corrected chi connectivity index (χ2v) is 34.4. The first-order valence-corrected chi connectivity index (χ1v) is 41.3. The molecular formula is C88H100Cl3N7O24. The van der Waals surface area contributed by atoms with Gasteiger partial charge in [0, 0.05) is 90.8 Å². The Labute approximate surface area is 717 Å². The van der Waals surface area contributed by atoms with Gasteiger partial charge >= 0.3 is 0 Å². The van der Waals surface area contributed by atoms with E-state index in [2.05, 4.69) is 26.6 Å². The first-order chi connectivity index (χ1) is 57.9. The van der Waals surface area contributed by atoms with Crippen molar-refractivity contribution in [1.82, 2.24) is 26.6 Å². The van der Waals surface area contributed by atoms with Crippen LogP contribution >= 0.6 is 34.8 Å². The second-order valence-electron chi connectivity index (χ2n) is 33.1. The van der Waals surface area contributed by atoms with Crippen molar-refractivity contribution in [3.8, 4) is 68.2 Å². The zero-order valence-electron chi connectivity index (χ0n) is 67.7. The molecule has 0 aliphatic carbocycles. The fourth-order valence-electron chi connectivity index (χ4n) is 16.7. The Kier molecular flexibility index (Phi) is 27.8. The molecule has 0 saturated carbocycles. The highest BCUT2D eigenvalue weighted by Gasteiger charge is 2.53. The lowest BCUT2D eigenvalue weighted by Gasteiger charge is -2.48. The Bertz CT molecular complexity index is 5090. The van der Waals surface area contributed by atoms with E-state index in [-0.39, 0.29) is 92.2 Å². The van der Waals surface area contributed by atoms with Crippen LogP contribution in [0.4, 0.5) is 0 Å². The van der Waals surface area contributed by atoms with E-state index in [9.17, 15) is 55.5 Å². The van der Waals surface area contributed by atoms with Crippen LogP contribution < -0.4 is 52.3 Å². The molecule has 8 aliphatic heterocycles. The molecule has 0 spiro atoms. The van der Waals surface area contributed by atoms with Gasteiger partial charge in [0.15, 0.2) is 41.7 Å². The lowest BCUT2D eigenvalue weighted by Crippen LogP contribution is -2.65. The van der Waals surface area contributed by atoms with Crippen molar-refractivity contribution in [2.45, 2.75) is 215 Å². The summed E-state index contributed by atoms with van der Waals surface area (Å²) in [6, 6.07) is 26.3. The number of rotatable bonds is 18. The van der Waals surface area contributed by atoms with Crippen LogP contribution in [-0.2, 0) is 70.3 Å². The van der Waals surface area contributed by atoms with E-state index in [1.54, 1.807) is 39.8 Å². The van der Waals surface area contributed by atoms with Gasteiger partial charge in [-0.1, -0.05) is 103 Å². The minimum Gasteiger partial charge on any atom is -0.508 e. The third kappa shape index (κ3) is 19.8. The smallest absolute Gasteiger partial charge is 0.237 e. The molecular weight excluding hydrogens is 1650 g/mol. The number of phenolic OH excluding ortho intramolecular Hbond substituents is 3. The van der Waals surface area contributed by atoms with E-state index in [1.807, 2.05) is 50.2 Å². The molecule has 0 radical (unpaired) electrons. The largest absolute Gasteiger partial charge is 0.508 e. The molecule has 0 aromatic heterocycles. The standard InChI is InChI=1S/C88H100Cl3N7O24/c1-39(2)22-58(94-7)85(114)98-74-62(104)27-49(30-69(92)106)83(112)97-73-48-28-66(117-64-20-15-46(75(74)107)25-56(64)90)79(122-86-80(77(109)76(108)68(38-99)119-86)121-71-35-88(6,82(111)41(4)116-71)96-36-42-8-10-43(11-9-42)44-12-17-51(89)18-13-44)67(29-48)118-65-21-16-47(26-57(65)91)78(120-70-34-87(5,93)81(110)40(3)115-70)55-33-60(102)53(32-63(73)105)45-14-19-59(101)54(24-45)72-50(37-95-84(55)113)23-52(100)31-61(72)103/h8-21,23-26,28-29,31,39-41,49,53,55,58,68,70-71,73-78,80-82,86,94,96,99-101,103,107-111H,22,27,30,32-38,93H2,1-7H3,(H2,92,106)(H,95,113)(H,97,112)(H,98,114)/t40-,41-,49-,53-,55-,58+,68?,70-,71-,73+,74-,75+,76+,77-,78+,80+,81-,82-,86-,87?,88?/m0/s1. The van der Waals surface area contributed by atoms with Crippen LogP contribution in [0.25, 0.3) is 22.3 Å². The summed E-state index contributed by atoms with van der Waals surface area (Å²) in [5, 5.41) is 120. The molecule has 3 saturated heterocycles. The zero-order chi connectivity index (χ0) is 87.8. The van der Waals surface area contributed by atoms with Gasteiger partial charge in [0.1, 0.15) is 71.0 Å². The molecule has 21 atom stereocenters. The SMILES string of the molecule is CN[C@H](CC(C)C)C(=O)N[C@H]1C(=O)C[C@@H](CC(N)=O)C(=O)N[C@H]2C(=O)C[C@@H]3C(=O)C[C@H](C(=O)NCc4cc(O)cc(O)c4-c4cc3ccc4O)[C@H](O[C@H]3CC(C)(N)[C@@H](O)[C@H](C)O3)c3ccc(c(Cl)c3)Oc3cc2cc(c3O[C@@H]2OC(CO)[C@@H](O)[C@H](O)[C@H]2O[C@H]2CC(C)(NCc3ccc(-c4ccc(Cl)cc4)cc3)[C@@H](O)[C@H](C)O2)Oc2ccc(cc2Cl)[C@H]1O. The van der Waals surface area contributed by atoms with Crippen molar-refractivity contribution in [2.24, 2.45) is 29.2 Å². The van der Waals surface area contributed by atoms with Gasteiger partial charge in [-0.3, -0.25) is 33.6 Å².